The molecule has 0 saturated heterocycles. The average molecular weight is 263 g/mol. The van der Waals surface area contributed by atoms with Crippen molar-refractivity contribution in [2.75, 3.05) is 0 Å². The summed E-state index contributed by atoms with van der Waals surface area (Å²) in [7, 11) is 0. The van der Waals surface area contributed by atoms with Gasteiger partial charge in [-0.25, -0.2) is 9.37 Å². The number of carboxylic acid groups (broad SMARTS) is 1. The van der Waals surface area contributed by atoms with Crippen LogP contribution >= 0.6 is 0 Å². The molecule has 0 aliphatic rings. The van der Waals surface area contributed by atoms with Crippen LogP contribution < -0.4 is 5.73 Å². The average Bonchev–Trinajstić information content (AvgIpc) is 2.76. The van der Waals surface area contributed by atoms with E-state index >= 15 is 0 Å². The number of benzene rings is 1. The highest BCUT2D eigenvalue weighted by atomic mass is 19.1. The SMILES string of the molecule is N[C@@H](Cc1nc[nH]c1Cc1cccc(F)c1)C(=O)O. The number of H-pyrrole nitrogens is 1. The quantitative estimate of drug-likeness (QED) is 0.753. The second-order valence-corrected chi connectivity index (χ2v) is 4.28. The molecule has 0 amide bonds. The lowest BCUT2D eigenvalue weighted by atomic mass is 10.1. The predicted molar refractivity (Wildman–Crippen MR) is 67.1 cm³/mol. The van der Waals surface area contributed by atoms with Gasteiger partial charge in [-0.05, 0) is 17.7 Å². The van der Waals surface area contributed by atoms with E-state index in [1.54, 1.807) is 12.1 Å². The van der Waals surface area contributed by atoms with E-state index in [9.17, 15) is 9.18 Å². The number of nitrogens with one attached hydrogen (secondary N) is 1. The maximum absolute atomic E-state index is 13.1. The van der Waals surface area contributed by atoms with Crippen molar-refractivity contribution in [3.05, 3.63) is 53.4 Å². The fourth-order valence-electron chi connectivity index (χ4n) is 1.82. The molecular formula is C13H14FN3O2. The zero-order chi connectivity index (χ0) is 13.8. The maximum Gasteiger partial charge on any atom is 0.320 e. The Bertz CT molecular complexity index is 583. The highest BCUT2D eigenvalue weighted by Crippen LogP contribution is 2.13. The van der Waals surface area contributed by atoms with Gasteiger partial charge in [0.1, 0.15) is 11.9 Å². The van der Waals surface area contributed by atoms with Gasteiger partial charge in [0.15, 0.2) is 0 Å². The predicted octanol–water partition coefficient (Wildman–Crippen LogP) is 1.09. The molecule has 1 aromatic heterocycles. The van der Waals surface area contributed by atoms with E-state index in [0.717, 1.165) is 11.3 Å². The Balaban J connectivity index is 2.13. The van der Waals surface area contributed by atoms with E-state index in [1.807, 2.05) is 0 Å². The molecule has 4 N–H and O–H groups in total. The molecule has 1 heterocycles. The normalized spacial score (nSPS) is 12.3. The van der Waals surface area contributed by atoms with E-state index in [1.165, 1.54) is 18.5 Å². The number of aliphatic carboxylic acids is 1. The summed E-state index contributed by atoms with van der Waals surface area (Å²) in [4.78, 5) is 17.7. The Morgan fingerprint density at radius 1 is 1.53 bits per heavy atom. The molecule has 0 radical (unpaired) electrons. The first-order valence-corrected chi connectivity index (χ1v) is 5.80. The van der Waals surface area contributed by atoms with Crippen molar-refractivity contribution in [3.8, 4) is 0 Å². The van der Waals surface area contributed by atoms with Crippen LogP contribution in [-0.2, 0) is 17.6 Å². The number of hydrogen-bond acceptors (Lipinski definition) is 3. The van der Waals surface area contributed by atoms with Crippen LogP contribution in [0, 0.1) is 5.82 Å². The number of rotatable bonds is 5. The van der Waals surface area contributed by atoms with Crippen LogP contribution in [0.4, 0.5) is 4.39 Å². The van der Waals surface area contributed by atoms with Gasteiger partial charge in [0.2, 0.25) is 0 Å². The van der Waals surface area contributed by atoms with Crippen molar-refractivity contribution in [1.82, 2.24) is 9.97 Å². The molecule has 100 valence electrons. The van der Waals surface area contributed by atoms with E-state index in [-0.39, 0.29) is 12.2 Å². The molecule has 1 aromatic carbocycles. The lowest BCUT2D eigenvalue weighted by Gasteiger charge is -2.06. The zero-order valence-electron chi connectivity index (χ0n) is 10.1. The molecule has 0 unspecified atom stereocenters. The number of aromatic nitrogens is 2. The Morgan fingerprint density at radius 2 is 2.32 bits per heavy atom. The number of imidazole rings is 1. The summed E-state index contributed by atoms with van der Waals surface area (Å²) in [6, 6.07) is 5.24. The summed E-state index contributed by atoms with van der Waals surface area (Å²) in [5.74, 6) is -1.37. The van der Waals surface area contributed by atoms with Gasteiger partial charge in [0.05, 0.1) is 12.0 Å². The van der Waals surface area contributed by atoms with Gasteiger partial charge >= 0.3 is 5.97 Å². The largest absolute Gasteiger partial charge is 0.480 e. The Kier molecular flexibility index (Phi) is 3.91. The summed E-state index contributed by atoms with van der Waals surface area (Å²) >= 11 is 0. The number of halogens is 1. The second-order valence-electron chi connectivity index (χ2n) is 4.28. The smallest absolute Gasteiger partial charge is 0.320 e. The van der Waals surface area contributed by atoms with Gasteiger partial charge in [0, 0.05) is 18.5 Å². The van der Waals surface area contributed by atoms with Crippen LogP contribution in [0.3, 0.4) is 0 Å². The van der Waals surface area contributed by atoms with Crippen molar-refractivity contribution in [2.45, 2.75) is 18.9 Å². The first-order valence-electron chi connectivity index (χ1n) is 5.80. The highest BCUT2D eigenvalue weighted by molar-refractivity contribution is 5.73. The summed E-state index contributed by atoms with van der Waals surface area (Å²) in [6.45, 7) is 0. The van der Waals surface area contributed by atoms with E-state index < -0.39 is 12.0 Å². The molecular weight excluding hydrogens is 249 g/mol. The van der Waals surface area contributed by atoms with Crippen LogP contribution in [-0.4, -0.2) is 27.1 Å². The third kappa shape index (κ3) is 3.38. The number of carboxylic acids is 1. The zero-order valence-corrected chi connectivity index (χ0v) is 10.1. The van der Waals surface area contributed by atoms with Gasteiger partial charge in [-0.15, -0.1) is 0 Å². The molecule has 6 heteroatoms. The van der Waals surface area contributed by atoms with E-state index in [4.69, 9.17) is 10.8 Å². The first-order chi connectivity index (χ1) is 9.06. The van der Waals surface area contributed by atoms with Crippen molar-refractivity contribution in [1.29, 1.82) is 0 Å². The summed E-state index contributed by atoms with van der Waals surface area (Å²) < 4.78 is 13.1. The van der Waals surface area contributed by atoms with Crippen LogP contribution in [0.25, 0.3) is 0 Å². The lowest BCUT2D eigenvalue weighted by molar-refractivity contribution is -0.138. The van der Waals surface area contributed by atoms with Crippen molar-refractivity contribution < 1.29 is 14.3 Å². The summed E-state index contributed by atoms with van der Waals surface area (Å²) in [6.07, 6.45) is 2.08. The number of carbonyl (C=O) groups is 1. The second kappa shape index (κ2) is 5.62. The van der Waals surface area contributed by atoms with Crippen LogP contribution in [0.2, 0.25) is 0 Å². The van der Waals surface area contributed by atoms with Gasteiger partial charge < -0.3 is 15.8 Å². The summed E-state index contributed by atoms with van der Waals surface area (Å²) in [5.41, 5.74) is 7.62. The first kappa shape index (κ1) is 13.2. The van der Waals surface area contributed by atoms with Gasteiger partial charge in [-0.3, -0.25) is 4.79 Å². The molecule has 19 heavy (non-hydrogen) atoms. The minimum absolute atomic E-state index is 0.142. The summed E-state index contributed by atoms with van der Waals surface area (Å²) in [5, 5.41) is 8.79. The number of nitrogens with two attached hydrogens (primary N) is 1. The minimum Gasteiger partial charge on any atom is -0.480 e. The molecule has 2 aromatic rings. The van der Waals surface area contributed by atoms with E-state index in [0.29, 0.717) is 12.1 Å². The van der Waals surface area contributed by atoms with Crippen LogP contribution in [0.15, 0.2) is 30.6 Å². The molecule has 0 aliphatic carbocycles. The molecule has 5 nitrogen and oxygen atoms in total. The third-order valence-electron chi connectivity index (χ3n) is 2.81. The fraction of sp³-hybridized carbons (Fsp3) is 0.231. The molecule has 0 saturated carbocycles. The van der Waals surface area contributed by atoms with E-state index in [2.05, 4.69) is 9.97 Å². The van der Waals surface area contributed by atoms with Crippen LogP contribution in [0.1, 0.15) is 17.0 Å². The monoisotopic (exact) mass is 263 g/mol. The Hall–Kier alpha value is -2.21. The molecule has 0 fully saturated rings. The molecule has 2 rings (SSSR count). The number of hydrogen-bond donors (Lipinski definition) is 3. The van der Waals surface area contributed by atoms with Gasteiger partial charge in [-0.2, -0.15) is 0 Å². The highest BCUT2D eigenvalue weighted by Gasteiger charge is 2.16. The van der Waals surface area contributed by atoms with Crippen LogP contribution in [0.5, 0.6) is 0 Å². The molecule has 0 spiro atoms. The molecule has 1 atom stereocenters. The lowest BCUT2D eigenvalue weighted by Crippen LogP contribution is -2.32. The standard InChI is InChI=1S/C13H14FN3O2/c14-9-3-1-2-8(4-9)5-11-12(17-7-16-11)6-10(15)13(18)19/h1-4,7,10H,5-6,15H2,(H,16,17)(H,18,19)/t10-/m0/s1. The van der Waals surface area contributed by atoms with Gasteiger partial charge in [0.25, 0.3) is 0 Å². The third-order valence-corrected chi connectivity index (χ3v) is 2.81. The maximum atomic E-state index is 13.1. The van der Waals surface area contributed by atoms with Gasteiger partial charge in [-0.1, -0.05) is 12.1 Å². The molecule has 0 aliphatic heterocycles. The molecule has 0 bridgehead atoms. The Morgan fingerprint density at radius 3 is 3.00 bits per heavy atom. The topological polar surface area (TPSA) is 92.0 Å². The van der Waals surface area contributed by atoms with Crippen molar-refractivity contribution in [2.24, 2.45) is 5.73 Å². The Labute approximate surface area is 109 Å². The van der Waals surface area contributed by atoms with Crippen molar-refractivity contribution in [3.63, 3.8) is 0 Å². The number of aromatic amines is 1. The fourth-order valence-corrected chi connectivity index (χ4v) is 1.82. The number of nitrogens with zero attached hydrogens (tertiary/aromatic N) is 1. The van der Waals surface area contributed by atoms with Crippen molar-refractivity contribution >= 4 is 5.97 Å². The minimum atomic E-state index is -1.07.